The highest BCUT2D eigenvalue weighted by molar-refractivity contribution is 7.62. The first-order valence-electron chi connectivity index (χ1n) is 11.6. The predicted molar refractivity (Wildman–Crippen MR) is 133 cm³/mol. The molecule has 1 aliphatic heterocycles. The number of carbonyl (C=O) groups excluding carboxylic acids is 2. The Bertz CT molecular complexity index is 1070. The fourth-order valence-electron chi connectivity index (χ4n) is 4.73. The quantitative estimate of drug-likeness (QED) is 0.527. The summed E-state index contributed by atoms with van der Waals surface area (Å²) < 4.78 is 24.1. The first kappa shape index (κ1) is 26.1. The molecule has 0 aliphatic carbocycles. The summed E-state index contributed by atoms with van der Waals surface area (Å²) in [5.41, 5.74) is -0.505. The van der Waals surface area contributed by atoms with Crippen molar-refractivity contribution in [1.29, 1.82) is 0 Å². The van der Waals surface area contributed by atoms with Gasteiger partial charge in [-0.15, -0.1) is 0 Å². The van der Waals surface area contributed by atoms with Crippen LogP contribution in [0, 0.1) is 5.41 Å². The molecule has 0 saturated carbocycles. The Morgan fingerprint density at radius 1 is 1.00 bits per heavy atom. The number of carbonyl (C=O) groups is 2. The Morgan fingerprint density at radius 2 is 1.53 bits per heavy atom. The molecule has 2 aromatic rings. The molecular weight excluding hydrogens is 451 g/mol. The zero-order chi connectivity index (χ0) is 25.3. The van der Waals surface area contributed by atoms with Crippen molar-refractivity contribution in [2.24, 2.45) is 5.41 Å². The van der Waals surface area contributed by atoms with Crippen LogP contribution in [-0.4, -0.2) is 48.0 Å². The maximum atomic E-state index is 13.8. The summed E-state index contributed by atoms with van der Waals surface area (Å²) >= 11 is 0. The molecule has 0 aromatic heterocycles. The lowest BCUT2D eigenvalue weighted by molar-refractivity contribution is -0.133. The standard InChI is InChI=1S/C26H35N2O5P/c1-8-32-34(31,33-9-2)21-17-15-20(16-18-21)26(6)24(30)27(7)23(25(3,4)5)28(26)22(29)19-13-11-10-12-14-19/h10-18,23H,8-9H2,1-7H3/t23-,26+/m1/s1. The lowest BCUT2D eigenvalue weighted by atomic mass is 9.86. The van der Waals surface area contributed by atoms with Crippen LogP contribution in [0.2, 0.25) is 0 Å². The number of hydrogen-bond donors (Lipinski definition) is 0. The average molecular weight is 487 g/mol. The molecule has 0 N–H and O–H groups in total. The molecule has 2 amide bonds. The zero-order valence-corrected chi connectivity index (χ0v) is 22.0. The van der Waals surface area contributed by atoms with Crippen LogP contribution in [0.4, 0.5) is 0 Å². The molecule has 1 heterocycles. The van der Waals surface area contributed by atoms with Gasteiger partial charge in [0, 0.05) is 18.0 Å². The Labute approximate surface area is 202 Å². The molecule has 1 saturated heterocycles. The molecule has 7 nitrogen and oxygen atoms in total. The summed E-state index contributed by atoms with van der Waals surface area (Å²) in [6, 6.07) is 15.8. The lowest BCUT2D eigenvalue weighted by Gasteiger charge is -2.42. The molecule has 34 heavy (non-hydrogen) atoms. The fraction of sp³-hybridized carbons (Fsp3) is 0.462. The highest BCUT2D eigenvalue weighted by atomic mass is 31.2. The van der Waals surface area contributed by atoms with Gasteiger partial charge in [0.15, 0.2) is 0 Å². The van der Waals surface area contributed by atoms with Gasteiger partial charge in [-0.2, -0.15) is 0 Å². The van der Waals surface area contributed by atoms with E-state index in [0.29, 0.717) is 16.4 Å². The molecule has 8 heteroatoms. The lowest BCUT2D eigenvalue weighted by Crippen LogP contribution is -2.53. The Hall–Kier alpha value is -2.47. The Balaban J connectivity index is 2.14. The molecule has 0 bridgehead atoms. The predicted octanol–water partition coefficient (Wildman–Crippen LogP) is 4.78. The molecule has 2 atom stereocenters. The molecule has 1 aliphatic rings. The number of benzene rings is 2. The summed E-state index contributed by atoms with van der Waals surface area (Å²) in [7, 11) is -1.73. The number of rotatable bonds is 7. The Kier molecular flexibility index (Phi) is 7.42. The van der Waals surface area contributed by atoms with Crippen LogP contribution in [0.15, 0.2) is 54.6 Å². The Morgan fingerprint density at radius 3 is 2.00 bits per heavy atom. The second-order valence-electron chi connectivity index (χ2n) is 9.65. The number of amides is 2. The van der Waals surface area contributed by atoms with Crippen molar-refractivity contribution in [3.8, 4) is 0 Å². The number of hydrogen-bond acceptors (Lipinski definition) is 5. The van der Waals surface area contributed by atoms with Crippen molar-refractivity contribution < 1.29 is 23.2 Å². The third-order valence-electron chi connectivity index (χ3n) is 6.19. The molecular formula is C26H35N2O5P. The summed E-state index contributed by atoms with van der Waals surface area (Å²) in [5.74, 6) is -0.402. The third-order valence-corrected chi connectivity index (χ3v) is 8.31. The van der Waals surface area contributed by atoms with E-state index in [0.717, 1.165) is 0 Å². The van der Waals surface area contributed by atoms with Crippen LogP contribution in [0.25, 0.3) is 0 Å². The van der Waals surface area contributed by atoms with Gasteiger partial charge in [-0.1, -0.05) is 51.1 Å². The molecule has 0 radical (unpaired) electrons. The van der Waals surface area contributed by atoms with Gasteiger partial charge in [-0.25, -0.2) is 0 Å². The number of nitrogens with zero attached hydrogens (tertiary/aromatic N) is 2. The maximum absolute atomic E-state index is 13.8. The van der Waals surface area contributed by atoms with E-state index in [-0.39, 0.29) is 25.0 Å². The molecule has 1 fully saturated rings. The molecule has 2 aromatic carbocycles. The van der Waals surface area contributed by atoms with Gasteiger partial charge in [0.1, 0.15) is 11.7 Å². The van der Waals surface area contributed by atoms with Crippen LogP contribution in [0.1, 0.15) is 57.5 Å². The summed E-state index contributed by atoms with van der Waals surface area (Å²) in [6.07, 6.45) is -0.463. The smallest absolute Gasteiger partial charge is 0.322 e. The SMILES string of the molecule is CCOP(=O)(OCC)c1ccc([C@@]2(C)C(=O)N(C)[C@@H](C(C)(C)C)N2C(=O)c2ccccc2)cc1. The maximum Gasteiger partial charge on any atom is 0.361 e. The summed E-state index contributed by atoms with van der Waals surface area (Å²) in [5, 5.41) is 0.413. The van der Waals surface area contributed by atoms with Gasteiger partial charge < -0.3 is 13.9 Å². The van der Waals surface area contributed by atoms with Crippen LogP contribution in [0.5, 0.6) is 0 Å². The van der Waals surface area contributed by atoms with Gasteiger partial charge in [0.25, 0.3) is 11.8 Å². The second-order valence-corrected chi connectivity index (χ2v) is 11.7. The monoisotopic (exact) mass is 486 g/mol. The van der Waals surface area contributed by atoms with Gasteiger partial charge in [0.2, 0.25) is 0 Å². The van der Waals surface area contributed by atoms with Crippen molar-refractivity contribution in [3.05, 3.63) is 65.7 Å². The topological polar surface area (TPSA) is 76.2 Å². The largest absolute Gasteiger partial charge is 0.361 e. The molecule has 3 rings (SSSR count). The normalized spacial score (nSPS) is 21.3. The third kappa shape index (κ3) is 4.45. The van der Waals surface area contributed by atoms with Crippen molar-refractivity contribution in [2.45, 2.75) is 53.2 Å². The van der Waals surface area contributed by atoms with Gasteiger partial charge in [0.05, 0.1) is 18.5 Å². The van der Waals surface area contributed by atoms with Crippen LogP contribution >= 0.6 is 7.60 Å². The van der Waals surface area contributed by atoms with E-state index in [4.69, 9.17) is 9.05 Å². The van der Waals surface area contributed by atoms with E-state index < -0.39 is 24.7 Å². The van der Waals surface area contributed by atoms with E-state index in [1.54, 1.807) is 74.0 Å². The minimum Gasteiger partial charge on any atom is -0.322 e. The number of likely N-dealkylation sites (N-methyl/N-ethyl adjacent to an activating group) is 1. The molecule has 0 spiro atoms. The summed E-state index contributed by atoms with van der Waals surface area (Å²) in [6.45, 7) is 11.8. The average Bonchev–Trinajstić information content (AvgIpc) is 3.01. The van der Waals surface area contributed by atoms with E-state index in [1.165, 1.54) is 0 Å². The van der Waals surface area contributed by atoms with Crippen LogP contribution in [-0.2, 0) is 23.9 Å². The van der Waals surface area contributed by atoms with E-state index in [9.17, 15) is 14.2 Å². The minimum atomic E-state index is -3.47. The van der Waals surface area contributed by atoms with Gasteiger partial charge in [-0.05, 0) is 50.6 Å². The highest BCUT2D eigenvalue weighted by Gasteiger charge is 2.59. The van der Waals surface area contributed by atoms with Crippen LogP contribution < -0.4 is 5.30 Å². The van der Waals surface area contributed by atoms with E-state index >= 15 is 0 Å². The highest BCUT2D eigenvalue weighted by Crippen LogP contribution is 2.48. The second kappa shape index (κ2) is 9.65. The summed E-state index contributed by atoms with van der Waals surface area (Å²) in [4.78, 5) is 30.9. The minimum absolute atomic E-state index is 0.178. The van der Waals surface area contributed by atoms with Crippen molar-refractivity contribution >= 4 is 24.7 Å². The van der Waals surface area contributed by atoms with Crippen molar-refractivity contribution in [2.75, 3.05) is 20.3 Å². The first-order valence-corrected chi connectivity index (χ1v) is 13.1. The van der Waals surface area contributed by atoms with E-state index in [1.807, 2.05) is 39.0 Å². The van der Waals surface area contributed by atoms with Gasteiger partial charge in [-0.3, -0.25) is 19.1 Å². The first-order chi connectivity index (χ1) is 15.9. The van der Waals surface area contributed by atoms with Crippen LogP contribution in [0.3, 0.4) is 0 Å². The van der Waals surface area contributed by atoms with Gasteiger partial charge >= 0.3 is 7.60 Å². The fourth-order valence-corrected chi connectivity index (χ4v) is 6.30. The van der Waals surface area contributed by atoms with Crippen molar-refractivity contribution in [3.63, 3.8) is 0 Å². The molecule has 0 unspecified atom stereocenters. The molecule has 184 valence electrons. The van der Waals surface area contributed by atoms with E-state index in [2.05, 4.69) is 0 Å². The zero-order valence-electron chi connectivity index (χ0n) is 21.1. The van der Waals surface area contributed by atoms with Crippen molar-refractivity contribution in [1.82, 2.24) is 9.80 Å².